The topological polar surface area (TPSA) is 66.9 Å². The predicted octanol–water partition coefficient (Wildman–Crippen LogP) is 3.59. The van der Waals surface area contributed by atoms with Crippen LogP contribution in [-0.4, -0.2) is 31.0 Å². The summed E-state index contributed by atoms with van der Waals surface area (Å²) >= 11 is 0. The zero-order chi connectivity index (χ0) is 17.4. The average Bonchev–Trinajstić information content (AvgIpc) is 3.26. The van der Waals surface area contributed by atoms with Gasteiger partial charge in [0.2, 0.25) is 5.75 Å². The molecule has 2 heterocycles. The molecule has 1 aromatic heterocycles. The molecule has 1 fully saturated rings. The Bertz CT molecular complexity index is 827. The summed E-state index contributed by atoms with van der Waals surface area (Å²) < 4.78 is 22.8. The van der Waals surface area contributed by atoms with E-state index in [1.54, 1.807) is 25.6 Å². The number of aromatic nitrogens is 1. The van der Waals surface area contributed by atoms with E-state index in [2.05, 4.69) is 4.98 Å². The number of hydrogen-bond donors (Lipinski definition) is 0. The second-order valence-electron chi connectivity index (χ2n) is 6.21. The lowest BCUT2D eigenvalue weighted by Gasteiger charge is -2.21. The lowest BCUT2D eigenvalue weighted by atomic mass is 10.0. The van der Waals surface area contributed by atoms with Crippen molar-refractivity contribution in [1.29, 1.82) is 0 Å². The lowest BCUT2D eigenvalue weighted by Crippen LogP contribution is -2.34. The van der Waals surface area contributed by atoms with Crippen molar-refractivity contribution >= 4 is 5.97 Å². The Morgan fingerprint density at radius 1 is 1.08 bits per heavy atom. The van der Waals surface area contributed by atoms with Gasteiger partial charge in [0.1, 0.15) is 0 Å². The molecule has 0 saturated heterocycles. The highest BCUT2D eigenvalue weighted by atomic mass is 16.7. The molecule has 0 unspecified atom stereocenters. The number of rotatable bonds is 3. The minimum atomic E-state index is -0.626. The van der Waals surface area contributed by atoms with E-state index in [0.717, 1.165) is 31.2 Å². The summed E-state index contributed by atoms with van der Waals surface area (Å²) in [4.78, 5) is 16.3. The second kappa shape index (κ2) is 5.95. The van der Waals surface area contributed by atoms with Gasteiger partial charge in [-0.05, 0) is 31.0 Å². The van der Waals surface area contributed by atoms with Crippen molar-refractivity contribution in [3.05, 3.63) is 36.2 Å². The number of fused-ring (bicyclic) bond motifs is 1. The molecule has 6 heteroatoms. The summed E-state index contributed by atoms with van der Waals surface area (Å²) in [5, 5.41) is 0. The first-order valence-corrected chi connectivity index (χ1v) is 8.29. The van der Waals surface area contributed by atoms with Gasteiger partial charge in [0, 0.05) is 36.4 Å². The van der Waals surface area contributed by atoms with Gasteiger partial charge in [-0.15, -0.1) is 0 Å². The highest BCUT2D eigenvalue weighted by Gasteiger charge is 2.46. The van der Waals surface area contributed by atoms with Crippen molar-refractivity contribution < 1.29 is 23.7 Å². The molecule has 1 saturated carbocycles. The van der Waals surface area contributed by atoms with Crippen LogP contribution in [-0.2, 0) is 4.74 Å². The Morgan fingerprint density at radius 2 is 1.84 bits per heavy atom. The third kappa shape index (κ3) is 2.49. The summed E-state index contributed by atoms with van der Waals surface area (Å²) in [6.45, 7) is 0. The fourth-order valence-corrected chi connectivity index (χ4v) is 3.52. The number of ether oxygens (including phenoxy) is 4. The smallest absolute Gasteiger partial charge is 0.338 e. The van der Waals surface area contributed by atoms with Crippen molar-refractivity contribution in [3.8, 4) is 28.4 Å². The van der Waals surface area contributed by atoms with Crippen molar-refractivity contribution in [3.63, 3.8) is 0 Å². The third-order valence-corrected chi connectivity index (χ3v) is 4.75. The van der Waals surface area contributed by atoms with E-state index in [0.29, 0.717) is 28.4 Å². The molecule has 0 amide bonds. The van der Waals surface area contributed by atoms with Crippen LogP contribution in [0.15, 0.2) is 30.6 Å². The summed E-state index contributed by atoms with van der Waals surface area (Å²) in [6.07, 6.45) is 6.99. The average molecular weight is 341 g/mol. The molecule has 2 aromatic rings. The Labute approximate surface area is 145 Å². The molecule has 6 nitrogen and oxygen atoms in total. The van der Waals surface area contributed by atoms with Crippen molar-refractivity contribution in [2.24, 2.45) is 0 Å². The largest absolute Gasteiger partial charge is 0.493 e. The molecule has 25 heavy (non-hydrogen) atoms. The predicted molar refractivity (Wildman–Crippen MR) is 90.0 cm³/mol. The minimum absolute atomic E-state index is 0.420. The van der Waals surface area contributed by atoms with Crippen LogP contribution in [0.4, 0.5) is 0 Å². The van der Waals surface area contributed by atoms with Crippen LogP contribution in [0, 0.1) is 0 Å². The Kier molecular flexibility index (Phi) is 3.75. The molecular weight excluding hydrogens is 322 g/mol. The number of esters is 1. The number of pyridine rings is 1. The van der Waals surface area contributed by atoms with Crippen molar-refractivity contribution in [1.82, 2.24) is 4.98 Å². The van der Waals surface area contributed by atoms with Gasteiger partial charge in [0.15, 0.2) is 11.5 Å². The zero-order valence-electron chi connectivity index (χ0n) is 14.2. The van der Waals surface area contributed by atoms with E-state index < -0.39 is 11.8 Å². The number of benzene rings is 1. The van der Waals surface area contributed by atoms with E-state index in [1.165, 1.54) is 7.11 Å². The normalized spacial score (nSPS) is 16.9. The van der Waals surface area contributed by atoms with Crippen molar-refractivity contribution in [2.75, 3.05) is 14.2 Å². The standard InChI is InChI=1S/C19H19NO5/c1-22-15-6-5-12(14-11-20-10-7-13(14)18(21)23-2)16-17(15)25-19(24-16)8-3-4-9-19/h5-7,10-11H,3-4,8-9H2,1-2H3. The molecule has 0 bridgehead atoms. The van der Waals surface area contributed by atoms with E-state index in [-0.39, 0.29) is 0 Å². The monoisotopic (exact) mass is 341 g/mol. The third-order valence-electron chi connectivity index (χ3n) is 4.75. The van der Waals surface area contributed by atoms with Gasteiger partial charge in [-0.25, -0.2) is 4.79 Å². The van der Waals surface area contributed by atoms with Gasteiger partial charge < -0.3 is 18.9 Å². The number of carbonyl (C=O) groups is 1. The number of methoxy groups -OCH3 is 2. The zero-order valence-corrected chi connectivity index (χ0v) is 14.2. The Hall–Kier alpha value is -2.76. The number of carbonyl (C=O) groups excluding carboxylic acids is 1. The molecule has 1 aliphatic carbocycles. The molecule has 1 aromatic carbocycles. The summed E-state index contributed by atoms with van der Waals surface area (Å²) in [6, 6.07) is 5.32. The highest BCUT2D eigenvalue weighted by molar-refractivity contribution is 5.98. The van der Waals surface area contributed by atoms with Gasteiger partial charge in [-0.2, -0.15) is 0 Å². The van der Waals surface area contributed by atoms with Crippen molar-refractivity contribution in [2.45, 2.75) is 31.5 Å². The first kappa shape index (κ1) is 15.7. The second-order valence-corrected chi connectivity index (χ2v) is 6.21. The maximum atomic E-state index is 12.1. The fraction of sp³-hybridized carbons (Fsp3) is 0.368. The van der Waals surface area contributed by atoms with Crippen LogP contribution in [0.25, 0.3) is 11.1 Å². The van der Waals surface area contributed by atoms with E-state index in [4.69, 9.17) is 18.9 Å². The molecule has 130 valence electrons. The Morgan fingerprint density at radius 3 is 2.56 bits per heavy atom. The van der Waals surface area contributed by atoms with Gasteiger partial charge in [-0.3, -0.25) is 4.98 Å². The lowest BCUT2D eigenvalue weighted by molar-refractivity contribution is -0.0721. The Balaban J connectivity index is 1.87. The maximum absolute atomic E-state index is 12.1. The molecule has 1 aliphatic heterocycles. The van der Waals surface area contributed by atoms with Gasteiger partial charge in [0.25, 0.3) is 5.79 Å². The molecule has 0 radical (unpaired) electrons. The van der Waals surface area contributed by atoms with E-state index in [9.17, 15) is 4.79 Å². The van der Waals surface area contributed by atoms with E-state index >= 15 is 0 Å². The van der Waals surface area contributed by atoms with E-state index in [1.807, 2.05) is 12.1 Å². The van der Waals surface area contributed by atoms with Crippen LogP contribution >= 0.6 is 0 Å². The first-order chi connectivity index (χ1) is 12.2. The summed E-state index contributed by atoms with van der Waals surface area (Å²) in [7, 11) is 2.96. The quantitative estimate of drug-likeness (QED) is 0.795. The van der Waals surface area contributed by atoms with Gasteiger partial charge in [0.05, 0.1) is 19.8 Å². The van der Waals surface area contributed by atoms with Crippen LogP contribution < -0.4 is 14.2 Å². The SMILES string of the molecule is COC(=O)c1ccncc1-c1ccc(OC)c2c1OC1(CCCC1)O2. The summed E-state index contributed by atoms with van der Waals surface area (Å²) in [5.74, 6) is 0.753. The molecule has 1 spiro atoms. The van der Waals surface area contributed by atoms with Crippen LogP contribution in [0.3, 0.4) is 0 Å². The maximum Gasteiger partial charge on any atom is 0.338 e. The van der Waals surface area contributed by atoms with Crippen LogP contribution in [0.2, 0.25) is 0 Å². The number of hydrogen-bond acceptors (Lipinski definition) is 6. The highest BCUT2D eigenvalue weighted by Crippen LogP contribution is 2.55. The molecular formula is C19H19NO5. The molecule has 0 atom stereocenters. The first-order valence-electron chi connectivity index (χ1n) is 8.29. The minimum Gasteiger partial charge on any atom is -0.493 e. The molecule has 4 rings (SSSR count). The van der Waals surface area contributed by atoms with Crippen LogP contribution in [0.1, 0.15) is 36.0 Å². The fourth-order valence-electron chi connectivity index (χ4n) is 3.52. The molecule has 0 N–H and O–H groups in total. The molecule has 2 aliphatic rings. The number of nitrogens with zero attached hydrogens (tertiary/aromatic N) is 1. The van der Waals surface area contributed by atoms with Gasteiger partial charge >= 0.3 is 5.97 Å². The van der Waals surface area contributed by atoms with Gasteiger partial charge in [-0.1, -0.05) is 0 Å². The summed E-state index contributed by atoms with van der Waals surface area (Å²) in [5.41, 5.74) is 1.82. The van der Waals surface area contributed by atoms with Crippen LogP contribution in [0.5, 0.6) is 17.2 Å².